The fourth-order valence-electron chi connectivity index (χ4n) is 3.44. The van der Waals surface area contributed by atoms with Crippen molar-refractivity contribution < 1.29 is 19.4 Å². The molecular weight excluding hydrogens is 344 g/mol. The molecule has 6 nitrogen and oxygen atoms in total. The standard InChI is InChI=1S/C21H26N2O4/c1-14-19(5-4-6-20(14)24)21(25)22-16-7-8-23(13-16)12-15-9-17(26-2)11-18(10-15)27-3/h4-6,9-11,16,24H,7-8,12-13H2,1-3H3,(H,22,25). The molecule has 1 aliphatic heterocycles. The van der Waals surface area contributed by atoms with Crippen LogP contribution in [0.25, 0.3) is 0 Å². The van der Waals surface area contributed by atoms with Gasteiger partial charge in [-0.05, 0) is 43.2 Å². The number of methoxy groups -OCH3 is 2. The molecule has 144 valence electrons. The normalized spacial score (nSPS) is 16.9. The maximum Gasteiger partial charge on any atom is 0.251 e. The number of nitrogens with one attached hydrogen (secondary N) is 1. The summed E-state index contributed by atoms with van der Waals surface area (Å²) < 4.78 is 10.7. The van der Waals surface area contributed by atoms with Gasteiger partial charge in [0, 0.05) is 42.9 Å². The van der Waals surface area contributed by atoms with Crippen LogP contribution in [0.5, 0.6) is 17.2 Å². The molecule has 1 heterocycles. The van der Waals surface area contributed by atoms with Gasteiger partial charge in [-0.25, -0.2) is 0 Å². The summed E-state index contributed by atoms with van der Waals surface area (Å²) in [5.41, 5.74) is 2.24. The number of benzene rings is 2. The molecule has 1 aliphatic rings. The highest BCUT2D eigenvalue weighted by Crippen LogP contribution is 2.25. The first-order valence-electron chi connectivity index (χ1n) is 9.04. The zero-order valence-corrected chi connectivity index (χ0v) is 16.0. The van der Waals surface area contributed by atoms with E-state index >= 15 is 0 Å². The van der Waals surface area contributed by atoms with Gasteiger partial charge in [0.15, 0.2) is 0 Å². The Hall–Kier alpha value is -2.73. The number of nitrogens with zero attached hydrogens (tertiary/aromatic N) is 1. The lowest BCUT2D eigenvalue weighted by molar-refractivity contribution is 0.0936. The van der Waals surface area contributed by atoms with E-state index in [0.717, 1.165) is 43.1 Å². The lowest BCUT2D eigenvalue weighted by Crippen LogP contribution is -2.37. The van der Waals surface area contributed by atoms with Crippen molar-refractivity contribution in [1.29, 1.82) is 0 Å². The van der Waals surface area contributed by atoms with Crippen LogP contribution in [-0.4, -0.2) is 49.3 Å². The molecule has 1 unspecified atom stereocenters. The number of amides is 1. The van der Waals surface area contributed by atoms with Crippen LogP contribution in [-0.2, 0) is 6.54 Å². The topological polar surface area (TPSA) is 71.0 Å². The van der Waals surface area contributed by atoms with Gasteiger partial charge < -0.3 is 19.9 Å². The minimum atomic E-state index is -0.140. The minimum Gasteiger partial charge on any atom is -0.508 e. The van der Waals surface area contributed by atoms with E-state index < -0.39 is 0 Å². The van der Waals surface area contributed by atoms with E-state index in [2.05, 4.69) is 10.2 Å². The van der Waals surface area contributed by atoms with Gasteiger partial charge >= 0.3 is 0 Å². The van der Waals surface area contributed by atoms with Crippen molar-refractivity contribution in [2.24, 2.45) is 0 Å². The van der Waals surface area contributed by atoms with Crippen molar-refractivity contribution in [2.75, 3.05) is 27.3 Å². The quantitative estimate of drug-likeness (QED) is 0.818. The molecule has 6 heteroatoms. The van der Waals surface area contributed by atoms with Crippen LogP contribution in [0.3, 0.4) is 0 Å². The zero-order valence-electron chi connectivity index (χ0n) is 16.0. The molecule has 3 rings (SSSR count). The highest BCUT2D eigenvalue weighted by molar-refractivity contribution is 5.96. The van der Waals surface area contributed by atoms with Gasteiger partial charge in [0.1, 0.15) is 17.2 Å². The van der Waals surface area contributed by atoms with Gasteiger partial charge in [-0.15, -0.1) is 0 Å². The second-order valence-electron chi connectivity index (χ2n) is 6.86. The molecule has 2 N–H and O–H groups in total. The predicted molar refractivity (Wildman–Crippen MR) is 104 cm³/mol. The Morgan fingerprint density at radius 3 is 2.59 bits per heavy atom. The zero-order chi connectivity index (χ0) is 19.4. The molecule has 2 aromatic carbocycles. The second-order valence-corrected chi connectivity index (χ2v) is 6.86. The molecule has 0 radical (unpaired) electrons. The molecule has 1 fully saturated rings. The lowest BCUT2D eigenvalue weighted by atomic mass is 10.1. The van der Waals surface area contributed by atoms with Crippen LogP contribution in [0.4, 0.5) is 0 Å². The first-order valence-corrected chi connectivity index (χ1v) is 9.04. The molecule has 0 bridgehead atoms. The molecule has 1 saturated heterocycles. The lowest BCUT2D eigenvalue weighted by Gasteiger charge is -2.18. The summed E-state index contributed by atoms with van der Waals surface area (Å²) in [6.45, 7) is 4.21. The van der Waals surface area contributed by atoms with E-state index in [1.54, 1.807) is 39.3 Å². The average Bonchev–Trinajstić information content (AvgIpc) is 3.10. The first-order chi connectivity index (χ1) is 13.0. The summed E-state index contributed by atoms with van der Waals surface area (Å²) in [4.78, 5) is 14.8. The average molecular weight is 370 g/mol. The third-order valence-electron chi connectivity index (χ3n) is 4.97. The molecular formula is C21H26N2O4. The van der Waals surface area contributed by atoms with Crippen LogP contribution in [0, 0.1) is 6.92 Å². The second kappa shape index (κ2) is 8.31. The Bertz CT molecular complexity index is 800. The van der Waals surface area contributed by atoms with Crippen molar-refractivity contribution in [3.63, 3.8) is 0 Å². The molecule has 0 aliphatic carbocycles. The number of rotatable bonds is 6. The number of hydrogen-bond acceptors (Lipinski definition) is 5. The van der Waals surface area contributed by atoms with Crippen molar-refractivity contribution in [3.05, 3.63) is 53.1 Å². The number of carbonyl (C=O) groups is 1. The minimum absolute atomic E-state index is 0.0896. The van der Waals surface area contributed by atoms with Gasteiger partial charge in [0.05, 0.1) is 14.2 Å². The van der Waals surface area contributed by atoms with Crippen molar-refractivity contribution in [3.8, 4) is 17.2 Å². The Morgan fingerprint density at radius 1 is 1.22 bits per heavy atom. The van der Waals surface area contributed by atoms with E-state index in [1.165, 1.54) is 0 Å². The summed E-state index contributed by atoms with van der Waals surface area (Å²) in [5, 5.41) is 12.9. The van der Waals surface area contributed by atoms with Gasteiger partial charge in [0.2, 0.25) is 0 Å². The highest BCUT2D eigenvalue weighted by atomic mass is 16.5. The number of carbonyl (C=O) groups excluding carboxylic acids is 1. The maximum atomic E-state index is 12.5. The third-order valence-corrected chi connectivity index (χ3v) is 4.97. The SMILES string of the molecule is COc1cc(CN2CCC(NC(=O)c3cccc(O)c3C)C2)cc(OC)c1. The third kappa shape index (κ3) is 4.52. The Kier molecular flexibility index (Phi) is 5.86. The molecule has 0 saturated carbocycles. The largest absolute Gasteiger partial charge is 0.508 e. The fourth-order valence-corrected chi connectivity index (χ4v) is 3.44. The van der Waals surface area contributed by atoms with Crippen molar-refractivity contribution in [2.45, 2.75) is 25.9 Å². The molecule has 0 spiro atoms. The maximum absolute atomic E-state index is 12.5. The van der Waals surface area contributed by atoms with Crippen molar-refractivity contribution >= 4 is 5.91 Å². The smallest absolute Gasteiger partial charge is 0.251 e. The number of phenols is 1. The number of phenolic OH excluding ortho intramolecular Hbond substituents is 1. The van der Waals surface area contributed by atoms with Gasteiger partial charge in [-0.2, -0.15) is 0 Å². The molecule has 0 aromatic heterocycles. The van der Waals surface area contributed by atoms with Gasteiger partial charge in [0.25, 0.3) is 5.91 Å². The summed E-state index contributed by atoms with van der Waals surface area (Å²) in [6.07, 6.45) is 0.894. The summed E-state index contributed by atoms with van der Waals surface area (Å²) in [7, 11) is 3.28. The molecule has 1 atom stereocenters. The van der Waals surface area contributed by atoms with Crippen LogP contribution in [0.1, 0.15) is 27.9 Å². The van der Waals surface area contributed by atoms with E-state index in [0.29, 0.717) is 11.1 Å². The Balaban J connectivity index is 1.60. The number of ether oxygens (including phenoxy) is 2. The first kappa shape index (κ1) is 19.0. The summed E-state index contributed by atoms with van der Waals surface area (Å²) in [6, 6.07) is 11.0. The van der Waals surface area contributed by atoms with Gasteiger partial charge in [-0.3, -0.25) is 9.69 Å². The highest BCUT2D eigenvalue weighted by Gasteiger charge is 2.25. The monoisotopic (exact) mass is 370 g/mol. The molecule has 1 amide bonds. The molecule has 27 heavy (non-hydrogen) atoms. The predicted octanol–water partition coefficient (Wildman–Crippen LogP) is 2.72. The molecule has 2 aromatic rings. The summed E-state index contributed by atoms with van der Waals surface area (Å²) >= 11 is 0. The number of likely N-dealkylation sites (tertiary alicyclic amines) is 1. The number of aromatic hydroxyl groups is 1. The van der Waals surface area contributed by atoms with E-state index in [-0.39, 0.29) is 17.7 Å². The van der Waals surface area contributed by atoms with Gasteiger partial charge in [-0.1, -0.05) is 6.07 Å². The summed E-state index contributed by atoms with van der Waals surface area (Å²) in [5.74, 6) is 1.54. The van der Waals surface area contributed by atoms with E-state index in [9.17, 15) is 9.90 Å². The van der Waals surface area contributed by atoms with Crippen LogP contribution in [0.2, 0.25) is 0 Å². The van der Waals surface area contributed by atoms with Crippen LogP contribution in [0.15, 0.2) is 36.4 Å². The van der Waals surface area contributed by atoms with E-state index in [1.807, 2.05) is 18.2 Å². The van der Waals surface area contributed by atoms with Crippen LogP contribution < -0.4 is 14.8 Å². The van der Waals surface area contributed by atoms with Crippen LogP contribution >= 0.6 is 0 Å². The Morgan fingerprint density at radius 2 is 1.93 bits per heavy atom. The number of hydrogen-bond donors (Lipinski definition) is 2. The van der Waals surface area contributed by atoms with E-state index in [4.69, 9.17) is 9.47 Å². The fraction of sp³-hybridized carbons (Fsp3) is 0.381. The Labute approximate surface area is 159 Å². The van der Waals surface area contributed by atoms with Crippen molar-refractivity contribution in [1.82, 2.24) is 10.2 Å².